The Morgan fingerprint density at radius 2 is 0.968 bits per heavy atom. The predicted octanol–water partition coefficient (Wildman–Crippen LogP) is 9.79. The number of rotatable bonds is 12. The quantitative estimate of drug-likeness (QED) is 0.0711. The van der Waals surface area contributed by atoms with Crippen LogP contribution in [0.1, 0.15) is 77.6 Å². The molecule has 2 fully saturated rings. The monoisotopic (exact) mass is 860 g/mol. The number of hydrogen-bond donors (Lipinski definition) is 0. The normalized spacial score (nSPS) is 24.2. The van der Waals surface area contributed by atoms with Gasteiger partial charge in [0.25, 0.3) is 16.6 Å². The van der Waals surface area contributed by atoms with E-state index in [0.717, 1.165) is 25.7 Å². The minimum Gasteiger partial charge on any atom is -0.458 e. The van der Waals surface area contributed by atoms with Gasteiger partial charge in [0.1, 0.15) is 11.9 Å². The summed E-state index contributed by atoms with van der Waals surface area (Å²) >= 11 is 0. The van der Waals surface area contributed by atoms with Crippen LogP contribution in [0.2, 0.25) is 10.1 Å². The lowest BCUT2D eigenvalue weighted by molar-refractivity contribution is -0.154. The van der Waals surface area contributed by atoms with Gasteiger partial charge in [-0.1, -0.05) is 193 Å². The lowest BCUT2D eigenvalue weighted by Gasteiger charge is -2.53. The molecule has 3 aliphatic carbocycles. The van der Waals surface area contributed by atoms with Crippen molar-refractivity contribution < 1.29 is 23.2 Å². The van der Waals surface area contributed by atoms with Gasteiger partial charge in [0.15, 0.2) is 0 Å². The first-order valence-corrected chi connectivity index (χ1v) is 26.6. The van der Waals surface area contributed by atoms with Gasteiger partial charge >= 0.3 is 5.97 Å². The molecule has 0 N–H and O–H groups in total. The zero-order valence-electron chi connectivity index (χ0n) is 37.4. The Balaban J connectivity index is 1.28. The molecule has 0 radical (unpaired) electrons. The molecule has 0 saturated heterocycles. The zero-order valence-corrected chi connectivity index (χ0v) is 39.4. The van der Waals surface area contributed by atoms with Crippen molar-refractivity contribution in [1.29, 1.82) is 0 Å². The van der Waals surface area contributed by atoms with E-state index in [1.165, 1.54) is 20.7 Å². The summed E-state index contributed by atoms with van der Waals surface area (Å²) in [6.07, 6.45) is 7.14. The highest BCUT2D eigenvalue weighted by Crippen LogP contribution is 2.52. The number of carbonyl (C=O) groups excluding carboxylic acids is 2. The summed E-state index contributed by atoms with van der Waals surface area (Å²) < 4.78 is 22.5. The summed E-state index contributed by atoms with van der Waals surface area (Å²) in [4.78, 5) is 29.6. The molecule has 5 aromatic rings. The van der Waals surface area contributed by atoms with Crippen molar-refractivity contribution in [3.05, 3.63) is 169 Å². The van der Waals surface area contributed by atoms with Gasteiger partial charge in [-0.25, -0.2) is 4.79 Å². The summed E-state index contributed by atoms with van der Waals surface area (Å²) in [5, 5.41) is 4.34. The van der Waals surface area contributed by atoms with Crippen LogP contribution in [-0.4, -0.2) is 47.7 Å². The second kappa shape index (κ2) is 18.2. The zero-order chi connectivity index (χ0) is 43.5. The highest BCUT2D eigenvalue weighted by atomic mass is 28.4. The summed E-state index contributed by atoms with van der Waals surface area (Å²) in [7, 11) is -6.01. The van der Waals surface area contributed by atoms with E-state index in [1.54, 1.807) is 0 Å². The van der Waals surface area contributed by atoms with Crippen LogP contribution in [0.5, 0.6) is 0 Å². The molecular formula is C55H64O5Si2. The highest BCUT2D eigenvalue weighted by molar-refractivity contribution is 7.00. The minimum absolute atomic E-state index is 0.0562. The maximum atomic E-state index is 15.1. The van der Waals surface area contributed by atoms with Crippen molar-refractivity contribution in [1.82, 2.24) is 0 Å². The summed E-state index contributed by atoms with van der Waals surface area (Å²) in [6, 6.07) is 52.4. The lowest BCUT2D eigenvalue weighted by atomic mass is 9.55. The van der Waals surface area contributed by atoms with Gasteiger partial charge in [-0.05, 0) is 86.4 Å². The number of ketones is 1. The van der Waals surface area contributed by atoms with Crippen LogP contribution in [0.3, 0.4) is 0 Å². The molecule has 5 aromatic carbocycles. The number of hydrogen-bond acceptors (Lipinski definition) is 5. The molecule has 0 spiro atoms. The molecule has 0 bridgehead atoms. The predicted molar refractivity (Wildman–Crippen MR) is 256 cm³/mol. The fourth-order valence-corrected chi connectivity index (χ4v) is 20.8. The van der Waals surface area contributed by atoms with E-state index in [1.807, 2.05) is 30.3 Å². The number of esters is 1. The topological polar surface area (TPSA) is 61.8 Å². The molecule has 3 aliphatic rings. The number of benzene rings is 5. The van der Waals surface area contributed by atoms with Crippen LogP contribution in [0.25, 0.3) is 0 Å². The summed E-state index contributed by atoms with van der Waals surface area (Å²) in [5.74, 6) is -0.658. The van der Waals surface area contributed by atoms with Crippen molar-refractivity contribution in [2.24, 2.45) is 35.5 Å². The molecule has 8 rings (SSSR count). The van der Waals surface area contributed by atoms with Crippen LogP contribution in [-0.2, 0) is 18.4 Å². The van der Waals surface area contributed by atoms with Crippen molar-refractivity contribution in [3.63, 3.8) is 0 Å². The number of carbonyl (C=O) groups is 2. The highest BCUT2D eigenvalue weighted by Gasteiger charge is 2.58. The van der Waals surface area contributed by atoms with Gasteiger partial charge in [-0.15, -0.1) is 0 Å². The van der Waals surface area contributed by atoms with E-state index in [9.17, 15) is 4.79 Å². The average molecular weight is 861 g/mol. The molecule has 0 aliphatic heterocycles. The van der Waals surface area contributed by atoms with Gasteiger partial charge in [-0.3, -0.25) is 4.79 Å². The first kappa shape index (κ1) is 44.0. The van der Waals surface area contributed by atoms with Crippen molar-refractivity contribution >= 4 is 49.1 Å². The number of ether oxygens (including phenoxy) is 1. The molecule has 0 aromatic heterocycles. The Hall–Kier alpha value is -4.67. The SMILES string of the molecule is CC(C)(C)[Si](OC[C@H]1C[C@@H]2C[C@H]3CC=CC[C@H]3C(=O)[C@@H]2[C@H](OC(=O)c2ccccc2)[C@@H]1CO[Si](c1ccccc1)(c1ccccc1)C(C)(C)C)(c1ccccc1)c1ccccc1. The van der Waals surface area contributed by atoms with Crippen LogP contribution >= 0.6 is 0 Å². The Labute approximate surface area is 372 Å². The Kier molecular flexibility index (Phi) is 12.9. The fourth-order valence-electron chi connectivity index (χ4n) is 11.6. The maximum Gasteiger partial charge on any atom is 0.338 e. The summed E-state index contributed by atoms with van der Waals surface area (Å²) in [6.45, 7) is 14.6. The van der Waals surface area contributed by atoms with E-state index in [4.69, 9.17) is 13.6 Å². The molecule has 0 amide bonds. The van der Waals surface area contributed by atoms with Crippen LogP contribution in [0.15, 0.2) is 164 Å². The molecule has 62 heavy (non-hydrogen) atoms. The molecule has 7 heteroatoms. The minimum atomic E-state index is -3.05. The molecule has 322 valence electrons. The van der Waals surface area contributed by atoms with Gasteiger partial charge in [-0.2, -0.15) is 0 Å². The van der Waals surface area contributed by atoms with Crippen LogP contribution < -0.4 is 20.7 Å². The third kappa shape index (κ3) is 8.29. The maximum absolute atomic E-state index is 15.1. The standard InChI is InChI=1S/C55H64O5Si2/c1-54(2,3)61(44-27-14-8-15-28-44,45-29-16-9-17-30-45)58-38-43-37-42-36-41-26-22-23-35-48(41)51(56)50(42)52(60-53(57)40-24-12-7-13-25-40)49(43)39-59-62(55(4,5)6,46-31-18-10-19-32-46)47-33-20-11-21-34-47/h7-25,27-34,41-43,48-50,52H,26,35-39H2,1-6H3/t41-,42+,43-,48-,49-,50-,52-/m1/s1. The summed E-state index contributed by atoms with van der Waals surface area (Å²) in [5.41, 5.74) is 0.489. The molecule has 7 atom stereocenters. The second-order valence-corrected chi connectivity index (χ2v) is 28.7. The van der Waals surface area contributed by atoms with E-state index in [2.05, 4.69) is 175 Å². The fraction of sp³-hybridized carbons (Fsp3) is 0.382. The Bertz CT molecular complexity index is 2210. The van der Waals surface area contributed by atoms with Crippen LogP contribution in [0.4, 0.5) is 0 Å². The van der Waals surface area contributed by atoms with Crippen molar-refractivity contribution in [2.75, 3.05) is 13.2 Å². The number of fused-ring (bicyclic) bond motifs is 2. The third-order valence-corrected chi connectivity index (χ3v) is 24.5. The van der Waals surface area contributed by atoms with Crippen LogP contribution in [0, 0.1) is 35.5 Å². The van der Waals surface area contributed by atoms with Gasteiger partial charge in [0.2, 0.25) is 0 Å². The van der Waals surface area contributed by atoms with E-state index in [-0.39, 0.29) is 39.5 Å². The molecule has 2 saturated carbocycles. The van der Waals surface area contributed by atoms with E-state index in [0.29, 0.717) is 24.7 Å². The number of Topliss-reactive ketones (excluding diaryl/α,β-unsaturated/α-hetero) is 1. The first-order valence-electron chi connectivity index (χ1n) is 22.8. The van der Waals surface area contributed by atoms with Crippen molar-refractivity contribution in [3.8, 4) is 0 Å². The smallest absolute Gasteiger partial charge is 0.338 e. The molecule has 0 unspecified atom stereocenters. The van der Waals surface area contributed by atoms with E-state index < -0.39 is 34.6 Å². The van der Waals surface area contributed by atoms with Gasteiger partial charge in [0.05, 0.1) is 11.5 Å². The number of allylic oxidation sites excluding steroid dienone is 2. The first-order chi connectivity index (χ1) is 29.8. The average Bonchev–Trinajstić information content (AvgIpc) is 3.28. The van der Waals surface area contributed by atoms with Gasteiger partial charge in [0, 0.05) is 25.0 Å². The largest absolute Gasteiger partial charge is 0.458 e. The third-order valence-electron chi connectivity index (χ3n) is 14.5. The van der Waals surface area contributed by atoms with E-state index >= 15 is 4.79 Å². The molecular weight excluding hydrogens is 797 g/mol. The molecule has 5 nitrogen and oxygen atoms in total. The lowest BCUT2D eigenvalue weighted by Crippen LogP contribution is -2.68. The van der Waals surface area contributed by atoms with Gasteiger partial charge < -0.3 is 13.6 Å². The Morgan fingerprint density at radius 1 is 0.548 bits per heavy atom. The Morgan fingerprint density at radius 3 is 1.42 bits per heavy atom. The molecule has 0 heterocycles. The van der Waals surface area contributed by atoms with Crippen molar-refractivity contribution in [2.45, 2.75) is 83.4 Å². The second-order valence-electron chi connectivity index (χ2n) is 20.1.